The molecule has 0 bridgehead atoms. The van der Waals surface area contributed by atoms with Crippen LogP contribution in [0, 0.1) is 0 Å². The zero-order valence-corrected chi connectivity index (χ0v) is 41.2. The van der Waals surface area contributed by atoms with E-state index in [4.69, 9.17) is 0 Å². The van der Waals surface area contributed by atoms with E-state index in [0.29, 0.717) is 49.0 Å². The molecule has 0 aliphatic rings. The average Bonchev–Trinajstić information content (AvgIpc) is 4.06. The molecule has 4 heterocycles. The van der Waals surface area contributed by atoms with Gasteiger partial charge in [0.2, 0.25) is 11.6 Å². The van der Waals surface area contributed by atoms with Gasteiger partial charge in [0.05, 0.1) is 25.0 Å². The van der Waals surface area contributed by atoms with Gasteiger partial charge in [-0.15, -0.1) is 20.4 Å². The normalized spacial score (nSPS) is 10.6. The second-order valence-electron chi connectivity index (χ2n) is 15.1. The molecule has 4 aromatic heterocycles. The fourth-order valence-electron chi connectivity index (χ4n) is 7.38. The Balaban J connectivity index is 0.000000240. The molecule has 0 aliphatic carbocycles. The molecule has 4 aromatic carbocycles. The van der Waals surface area contributed by atoms with Crippen LogP contribution in [-0.4, -0.2) is 62.3 Å². The van der Waals surface area contributed by atoms with E-state index in [1.165, 1.54) is 0 Å². The van der Waals surface area contributed by atoms with E-state index in [2.05, 4.69) is 55.1 Å². The predicted molar refractivity (Wildman–Crippen MR) is 236 cm³/mol. The summed E-state index contributed by atoms with van der Waals surface area (Å²) in [4.78, 5) is 47.8. The van der Waals surface area contributed by atoms with E-state index in [1.54, 1.807) is 21.3 Å². The first-order valence-electron chi connectivity index (χ1n) is 20.9. The molecule has 0 fully saturated rings. The van der Waals surface area contributed by atoms with Crippen LogP contribution in [0.5, 0.6) is 0 Å². The van der Waals surface area contributed by atoms with Gasteiger partial charge in [-0.25, -0.2) is 0 Å². The van der Waals surface area contributed by atoms with E-state index in [0.717, 1.165) is 82.3 Å². The monoisotopic (exact) mass is 902 g/mol. The SMILES string of the molecule is CCCCc1cc(C(=O)[O-])cc(=O)n1Cc1ccc(-c2ccccc2-c2nn[nH]n2)cc1.CCCCc1cc(C(=O)[O-])cc(=O)n1Cc1ccc(-c2ccccc2-c2nn[nH]n2)cc1.[Na+].[Na+]. The molecule has 2 N–H and O–H groups in total. The summed E-state index contributed by atoms with van der Waals surface area (Å²) < 4.78 is 3.26. The van der Waals surface area contributed by atoms with Crippen molar-refractivity contribution >= 4 is 11.9 Å². The first-order valence-corrected chi connectivity index (χ1v) is 20.9. The summed E-state index contributed by atoms with van der Waals surface area (Å²) >= 11 is 0. The Kier molecular flexibility index (Phi) is 18.8. The first-order chi connectivity index (χ1) is 31.1. The number of aromatic amines is 2. The number of aryl methyl sites for hydroxylation is 2. The summed E-state index contributed by atoms with van der Waals surface area (Å²) in [5, 5.41) is 51.1. The molecule has 0 aliphatic heterocycles. The molecule has 8 aromatic rings. The standard InChI is InChI=1S/2C24H23N5O3.2Na/c2*1-2-3-6-19-13-18(24(31)32)14-22(30)29(19)15-16-9-11-17(12-10-16)20-7-4-5-8-21(20)23-25-27-28-26-23;;/h2*4-5,7-14H,2-3,6,15H2,1H3,(H,31,32)(H,25,26,27,28);;/q;;2*+1/p-2. The smallest absolute Gasteiger partial charge is 0.545 e. The van der Waals surface area contributed by atoms with Crippen molar-refractivity contribution < 1.29 is 78.9 Å². The molecule has 0 saturated carbocycles. The minimum absolute atomic E-state index is 0. The van der Waals surface area contributed by atoms with E-state index >= 15 is 0 Å². The molecule has 8 rings (SSSR count). The average molecular weight is 903 g/mol. The number of unbranched alkanes of at least 4 members (excludes halogenated alkanes) is 2. The van der Waals surface area contributed by atoms with Crippen molar-refractivity contribution in [3.8, 4) is 45.0 Å². The summed E-state index contributed by atoms with van der Waals surface area (Å²) in [6.07, 6.45) is 4.87. The number of carbonyl (C=O) groups excluding carboxylic acids is 2. The van der Waals surface area contributed by atoms with Crippen LogP contribution in [0.4, 0.5) is 0 Å². The third kappa shape index (κ3) is 12.6. The Morgan fingerprint density at radius 2 is 0.894 bits per heavy atom. The number of aromatic carboxylic acids is 2. The van der Waals surface area contributed by atoms with E-state index in [-0.39, 0.29) is 81.4 Å². The number of tetrazole rings is 2. The van der Waals surface area contributed by atoms with E-state index in [1.807, 2.05) is 97.1 Å². The van der Waals surface area contributed by atoms with Gasteiger partial charge in [0.1, 0.15) is 0 Å². The van der Waals surface area contributed by atoms with Gasteiger partial charge in [-0.05, 0) is 81.6 Å². The minimum atomic E-state index is -1.34. The molecule has 0 saturated heterocycles. The fourth-order valence-corrected chi connectivity index (χ4v) is 7.38. The number of carbonyl (C=O) groups is 2. The van der Waals surface area contributed by atoms with Gasteiger partial charge in [-0.3, -0.25) is 9.59 Å². The summed E-state index contributed by atoms with van der Waals surface area (Å²) in [7, 11) is 0. The summed E-state index contributed by atoms with van der Waals surface area (Å²) in [6, 6.07) is 36.7. The molecular formula is C48H44N10Na2O6. The Hall–Kier alpha value is -6.14. The number of nitrogens with one attached hydrogen (secondary N) is 2. The quantitative estimate of drug-likeness (QED) is 0.110. The fraction of sp³-hybridized carbons (Fsp3) is 0.208. The Bertz CT molecular complexity index is 2770. The van der Waals surface area contributed by atoms with Crippen LogP contribution in [0.15, 0.2) is 131 Å². The zero-order chi connectivity index (χ0) is 45.0. The Morgan fingerprint density at radius 3 is 1.21 bits per heavy atom. The minimum Gasteiger partial charge on any atom is -0.545 e. The number of benzene rings is 4. The molecule has 0 amide bonds. The number of hydrogen-bond donors (Lipinski definition) is 2. The van der Waals surface area contributed by atoms with Crippen molar-refractivity contribution in [3.63, 3.8) is 0 Å². The summed E-state index contributed by atoms with van der Waals surface area (Å²) in [5.74, 6) is -1.64. The van der Waals surface area contributed by atoms with Crippen molar-refractivity contribution in [2.75, 3.05) is 0 Å². The van der Waals surface area contributed by atoms with Crippen molar-refractivity contribution in [2.24, 2.45) is 0 Å². The number of aromatic nitrogens is 10. The second-order valence-corrected chi connectivity index (χ2v) is 15.1. The van der Waals surface area contributed by atoms with Crippen molar-refractivity contribution in [1.82, 2.24) is 50.4 Å². The summed E-state index contributed by atoms with van der Waals surface area (Å²) in [5.41, 5.74) is 8.08. The molecule has 0 spiro atoms. The van der Waals surface area contributed by atoms with Crippen molar-refractivity contribution in [2.45, 2.75) is 65.5 Å². The van der Waals surface area contributed by atoms with Gasteiger partial charge < -0.3 is 28.9 Å². The predicted octanol–water partition coefficient (Wildman–Crippen LogP) is -1.09. The van der Waals surface area contributed by atoms with Crippen molar-refractivity contribution in [3.05, 3.63) is 176 Å². The van der Waals surface area contributed by atoms with Gasteiger partial charge in [0, 0.05) is 45.8 Å². The molecule has 66 heavy (non-hydrogen) atoms. The van der Waals surface area contributed by atoms with Crippen LogP contribution in [0.25, 0.3) is 45.0 Å². The van der Waals surface area contributed by atoms with Gasteiger partial charge >= 0.3 is 59.1 Å². The largest absolute Gasteiger partial charge is 1.00 e. The van der Waals surface area contributed by atoms with Gasteiger partial charge in [-0.1, -0.05) is 124 Å². The number of carboxylic acids is 2. The van der Waals surface area contributed by atoms with Crippen LogP contribution in [-0.2, 0) is 25.9 Å². The Labute approximate surface area is 424 Å². The maximum Gasteiger partial charge on any atom is 1.00 e. The van der Waals surface area contributed by atoms with Crippen molar-refractivity contribution in [1.29, 1.82) is 0 Å². The number of rotatable bonds is 16. The number of pyridine rings is 2. The number of carboxylic acid groups (broad SMARTS) is 2. The second kappa shape index (κ2) is 24.4. The van der Waals surface area contributed by atoms with Crippen LogP contribution in [0.3, 0.4) is 0 Å². The number of hydrogen-bond acceptors (Lipinski definition) is 12. The van der Waals surface area contributed by atoms with Crippen LogP contribution >= 0.6 is 0 Å². The van der Waals surface area contributed by atoms with Crippen LogP contribution in [0.2, 0.25) is 0 Å². The number of H-pyrrole nitrogens is 2. The molecule has 0 atom stereocenters. The van der Waals surface area contributed by atoms with Crippen LogP contribution in [0.1, 0.15) is 82.8 Å². The molecule has 0 unspecified atom stereocenters. The third-order valence-corrected chi connectivity index (χ3v) is 10.7. The maximum atomic E-state index is 12.6. The van der Waals surface area contributed by atoms with Gasteiger partial charge in [-0.2, -0.15) is 10.4 Å². The first kappa shape index (κ1) is 50.9. The zero-order valence-electron chi connectivity index (χ0n) is 37.2. The topological polar surface area (TPSA) is 233 Å². The Morgan fingerprint density at radius 1 is 0.530 bits per heavy atom. The molecular weight excluding hydrogens is 859 g/mol. The molecule has 324 valence electrons. The summed E-state index contributed by atoms with van der Waals surface area (Å²) in [6.45, 7) is 4.82. The molecule has 18 heteroatoms. The molecule has 16 nitrogen and oxygen atoms in total. The third-order valence-electron chi connectivity index (χ3n) is 10.7. The van der Waals surface area contributed by atoms with E-state index < -0.39 is 11.9 Å². The van der Waals surface area contributed by atoms with Gasteiger partial charge in [0.25, 0.3) is 11.1 Å². The van der Waals surface area contributed by atoms with E-state index in [9.17, 15) is 29.4 Å². The number of nitrogens with zero attached hydrogens (tertiary/aromatic N) is 8. The maximum absolute atomic E-state index is 12.6. The van der Waals surface area contributed by atoms with Crippen LogP contribution < -0.4 is 80.4 Å². The molecule has 0 radical (unpaired) electrons. The van der Waals surface area contributed by atoms with Gasteiger partial charge in [0.15, 0.2) is 0 Å².